The molecule has 7 nitrogen and oxygen atoms in total. The van der Waals surface area contributed by atoms with E-state index in [-0.39, 0.29) is 18.2 Å². The molecule has 2 fully saturated rings. The Morgan fingerprint density at radius 3 is 2.58 bits per heavy atom. The summed E-state index contributed by atoms with van der Waals surface area (Å²) in [6.45, 7) is 1.97. The Labute approximate surface area is 185 Å². The average Bonchev–Trinajstić information content (AvgIpc) is 3.42. The average molecular weight is 448 g/mol. The predicted octanol–water partition coefficient (Wildman–Crippen LogP) is 2.24. The van der Waals surface area contributed by atoms with Gasteiger partial charge in [-0.25, -0.2) is 8.42 Å². The summed E-state index contributed by atoms with van der Waals surface area (Å²) in [4.78, 5) is 27.5. The molecule has 2 aliphatic heterocycles. The van der Waals surface area contributed by atoms with Crippen LogP contribution in [-0.4, -0.2) is 61.7 Å². The van der Waals surface area contributed by atoms with Crippen LogP contribution in [0.4, 0.5) is 0 Å². The highest BCUT2D eigenvalue weighted by atomic mass is 32.2. The number of fused-ring (bicyclic) bond motifs is 1. The number of nitrogens with zero attached hydrogens (tertiary/aromatic N) is 2. The largest absolute Gasteiger partial charge is 0.356 e. The van der Waals surface area contributed by atoms with Gasteiger partial charge in [-0.3, -0.25) is 9.59 Å². The van der Waals surface area contributed by atoms with Crippen LogP contribution in [0.2, 0.25) is 0 Å². The van der Waals surface area contributed by atoms with E-state index in [1.165, 1.54) is 9.87 Å². The topological polar surface area (TPSA) is 86.8 Å². The molecule has 0 aromatic heterocycles. The Balaban J connectivity index is 1.52. The lowest BCUT2D eigenvalue weighted by atomic mass is 10.1. The molecule has 2 heterocycles. The van der Waals surface area contributed by atoms with E-state index in [2.05, 4.69) is 5.32 Å². The number of rotatable bonds is 3. The zero-order valence-electron chi connectivity index (χ0n) is 18.1. The van der Waals surface area contributed by atoms with Crippen molar-refractivity contribution in [1.82, 2.24) is 14.5 Å². The molecular weight excluding hydrogens is 414 g/mol. The summed E-state index contributed by atoms with van der Waals surface area (Å²) in [5, 5.41) is 2.90. The zero-order chi connectivity index (χ0) is 21.8. The van der Waals surface area contributed by atoms with Crippen LogP contribution in [0, 0.1) is 0 Å². The Morgan fingerprint density at radius 1 is 0.903 bits per heavy atom. The maximum atomic E-state index is 13.4. The van der Waals surface area contributed by atoms with Crippen LogP contribution in [0.15, 0.2) is 23.1 Å². The van der Waals surface area contributed by atoms with Gasteiger partial charge in [0.15, 0.2) is 0 Å². The SMILES string of the molecule is O=C1CCN(C(=O)[C@@H]2CCCN2S(=O)(=O)c2ccc3c(c2)CCC3)CCCCCCN1. The van der Waals surface area contributed by atoms with Gasteiger partial charge in [-0.15, -0.1) is 0 Å². The van der Waals surface area contributed by atoms with Crippen molar-refractivity contribution in [3.05, 3.63) is 29.3 Å². The highest BCUT2D eigenvalue weighted by Gasteiger charge is 2.41. The number of aryl methyl sites for hydroxylation is 2. The third kappa shape index (κ3) is 4.95. The minimum absolute atomic E-state index is 0.0475. The quantitative estimate of drug-likeness (QED) is 0.770. The van der Waals surface area contributed by atoms with Crippen LogP contribution in [0.5, 0.6) is 0 Å². The molecule has 0 spiro atoms. The van der Waals surface area contributed by atoms with Crippen molar-refractivity contribution in [3.8, 4) is 0 Å². The fourth-order valence-electron chi connectivity index (χ4n) is 5.00. The number of nitrogens with one attached hydrogen (secondary N) is 1. The first-order valence-electron chi connectivity index (χ1n) is 11.7. The highest BCUT2D eigenvalue weighted by Crippen LogP contribution is 2.30. The van der Waals surface area contributed by atoms with Gasteiger partial charge in [-0.2, -0.15) is 4.31 Å². The number of hydrogen-bond donors (Lipinski definition) is 1. The number of carbonyl (C=O) groups excluding carboxylic acids is 2. The molecule has 1 atom stereocenters. The molecule has 0 saturated carbocycles. The first kappa shape index (κ1) is 22.3. The van der Waals surface area contributed by atoms with E-state index in [0.29, 0.717) is 43.9 Å². The van der Waals surface area contributed by atoms with E-state index < -0.39 is 16.1 Å². The van der Waals surface area contributed by atoms with Crippen LogP contribution in [0.1, 0.15) is 62.5 Å². The van der Waals surface area contributed by atoms with Gasteiger partial charge in [0.25, 0.3) is 0 Å². The molecule has 0 bridgehead atoms. The Morgan fingerprint density at radius 2 is 1.71 bits per heavy atom. The highest BCUT2D eigenvalue weighted by molar-refractivity contribution is 7.89. The van der Waals surface area contributed by atoms with Crippen molar-refractivity contribution < 1.29 is 18.0 Å². The predicted molar refractivity (Wildman–Crippen MR) is 118 cm³/mol. The smallest absolute Gasteiger partial charge is 0.243 e. The minimum Gasteiger partial charge on any atom is -0.356 e. The van der Waals surface area contributed by atoms with Crippen LogP contribution in [-0.2, 0) is 32.5 Å². The second-order valence-electron chi connectivity index (χ2n) is 8.90. The monoisotopic (exact) mass is 447 g/mol. The summed E-state index contributed by atoms with van der Waals surface area (Å²) < 4.78 is 28.3. The van der Waals surface area contributed by atoms with E-state index in [0.717, 1.165) is 50.5 Å². The maximum absolute atomic E-state index is 13.4. The number of benzene rings is 1. The van der Waals surface area contributed by atoms with Gasteiger partial charge < -0.3 is 10.2 Å². The lowest BCUT2D eigenvalue weighted by molar-refractivity contribution is -0.135. The van der Waals surface area contributed by atoms with Gasteiger partial charge in [0, 0.05) is 32.6 Å². The molecule has 0 radical (unpaired) electrons. The molecule has 0 unspecified atom stereocenters. The number of hydrogen-bond acceptors (Lipinski definition) is 4. The molecular formula is C23H33N3O4S. The van der Waals surface area contributed by atoms with E-state index in [9.17, 15) is 18.0 Å². The fraction of sp³-hybridized carbons (Fsp3) is 0.652. The number of carbonyl (C=O) groups is 2. The molecule has 2 amide bonds. The summed E-state index contributed by atoms with van der Waals surface area (Å²) in [7, 11) is -3.73. The van der Waals surface area contributed by atoms with Crippen LogP contribution < -0.4 is 5.32 Å². The molecule has 31 heavy (non-hydrogen) atoms. The first-order valence-corrected chi connectivity index (χ1v) is 13.1. The molecule has 8 heteroatoms. The first-order chi connectivity index (χ1) is 15.0. The van der Waals surface area contributed by atoms with E-state index in [4.69, 9.17) is 0 Å². The van der Waals surface area contributed by atoms with Crippen LogP contribution in [0.3, 0.4) is 0 Å². The van der Waals surface area contributed by atoms with Gasteiger partial charge >= 0.3 is 0 Å². The summed E-state index contributed by atoms with van der Waals surface area (Å²) in [5.74, 6) is -0.206. The van der Waals surface area contributed by atoms with Crippen molar-refractivity contribution in [3.63, 3.8) is 0 Å². The Bertz CT molecular complexity index is 931. The fourth-order valence-corrected chi connectivity index (χ4v) is 6.70. The number of sulfonamides is 1. The van der Waals surface area contributed by atoms with E-state index >= 15 is 0 Å². The zero-order valence-corrected chi connectivity index (χ0v) is 19.0. The number of amides is 2. The lowest BCUT2D eigenvalue weighted by Gasteiger charge is -2.30. The van der Waals surface area contributed by atoms with Crippen molar-refractivity contribution in [1.29, 1.82) is 0 Å². The molecule has 170 valence electrons. The molecule has 1 N–H and O–H groups in total. The van der Waals surface area contributed by atoms with Gasteiger partial charge in [-0.05, 0) is 68.2 Å². The molecule has 4 rings (SSSR count). The Kier molecular flexibility index (Phi) is 6.96. The Hall–Kier alpha value is -1.93. The van der Waals surface area contributed by atoms with Gasteiger partial charge in [0.2, 0.25) is 21.8 Å². The molecule has 1 aromatic carbocycles. The minimum atomic E-state index is -3.73. The summed E-state index contributed by atoms with van der Waals surface area (Å²) in [5.41, 5.74) is 2.34. The van der Waals surface area contributed by atoms with E-state index in [1.54, 1.807) is 17.0 Å². The van der Waals surface area contributed by atoms with E-state index in [1.807, 2.05) is 6.07 Å². The van der Waals surface area contributed by atoms with Crippen molar-refractivity contribution in [2.45, 2.75) is 75.1 Å². The van der Waals surface area contributed by atoms with Crippen LogP contribution in [0.25, 0.3) is 0 Å². The second-order valence-corrected chi connectivity index (χ2v) is 10.8. The lowest BCUT2D eigenvalue weighted by Crippen LogP contribution is -2.48. The van der Waals surface area contributed by atoms with Crippen molar-refractivity contribution >= 4 is 21.8 Å². The molecule has 1 aromatic rings. The van der Waals surface area contributed by atoms with Crippen LogP contribution >= 0.6 is 0 Å². The maximum Gasteiger partial charge on any atom is 0.243 e. The standard InChI is InChI=1S/C23H33N3O4S/c27-22-12-16-25(14-4-2-1-3-13-24-22)23(28)21-9-6-15-26(21)31(29,30)20-11-10-18-7-5-8-19(18)17-20/h10-11,17,21H,1-9,12-16H2,(H,24,27)/t21-/m0/s1. The second kappa shape index (κ2) is 9.69. The van der Waals surface area contributed by atoms with Gasteiger partial charge in [-0.1, -0.05) is 18.9 Å². The third-order valence-corrected chi connectivity index (χ3v) is 8.67. The molecule has 2 saturated heterocycles. The van der Waals surface area contributed by atoms with Gasteiger partial charge in [0.1, 0.15) is 6.04 Å². The van der Waals surface area contributed by atoms with Crippen molar-refractivity contribution in [2.75, 3.05) is 26.2 Å². The summed E-state index contributed by atoms with van der Waals surface area (Å²) in [6.07, 6.45) is 8.30. The normalized spacial score (nSPS) is 23.8. The van der Waals surface area contributed by atoms with Gasteiger partial charge in [0.05, 0.1) is 4.90 Å². The molecule has 3 aliphatic rings. The third-order valence-electron chi connectivity index (χ3n) is 6.76. The summed E-state index contributed by atoms with van der Waals surface area (Å²) >= 11 is 0. The molecule has 1 aliphatic carbocycles. The van der Waals surface area contributed by atoms with Crippen molar-refractivity contribution in [2.24, 2.45) is 0 Å². The summed E-state index contributed by atoms with van der Waals surface area (Å²) in [6, 6.07) is 4.74.